The lowest BCUT2D eigenvalue weighted by atomic mass is 10.2. The number of hydrogen-bond donors (Lipinski definition) is 1. The zero-order valence-electron chi connectivity index (χ0n) is 8.90. The van der Waals surface area contributed by atoms with E-state index < -0.39 is 0 Å². The van der Waals surface area contributed by atoms with Crippen molar-refractivity contribution in [2.75, 3.05) is 6.54 Å². The third-order valence-electron chi connectivity index (χ3n) is 3.09. The lowest BCUT2D eigenvalue weighted by molar-refractivity contribution is 0.526. The van der Waals surface area contributed by atoms with E-state index in [2.05, 4.69) is 30.2 Å². The highest BCUT2D eigenvalue weighted by Gasteiger charge is 2.32. The van der Waals surface area contributed by atoms with E-state index in [1.807, 2.05) is 18.3 Å². The minimum absolute atomic E-state index is 0.379. The van der Waals surface area contributed by atoms with Crippen molar-refractivity contribution in [3.63, 3.8) is 0 Å². The molecular weight excluding hydrogens is 172 g/mol. The molecule has 2 rings (SSSR count). The second-order valence-corrected chi connectivity index (χ2v) is 4.36. The molecule has 76 valence electrons. The molecule has 0 spiro atoms. The fourth-order valence-corrected chi connectivity index (χ4v) is 1.75. The van der Waals surface area contributed by atoms with Crippen molar-refractivity contribution >= 4 is 0 Å². The Labute approximate surface area is 85.7 Å². The number of nitrogens with zero attached hydrogens (tertiary/aromatic N) is 1. The van der Waals surface area contributed by atoms with Crippen molar-refractivity contribution in [1.29, 1.82) is 0 Å². The fraction of sp³-hybridized carbons (Fsp3) is 0.583. The van der Waals surface area contributed by atoms with Gasteiger partial charge in [-0.05, 0) is 43.9 Å². The third-order valence-corrected chi connectivity index (χ3v) is 3.09. The summed E-state index contributed by atoms with van der Waals surface area (Å²) in [5.41, 5.74) is 1.14. The van der Waals surface area contributed by atoms with E-state index in [1.54, 1.807) is 0 Å². The maximum absolute atomic E-state index is 4.33. The van der Waals surface area contributed by atoms with Crippen molar-refractivity contribution in [1.82, 2.24) is 10.3 Å². The summed E-state index contributed by atoms with van der Waals surface area (Å²) < 4.78 is 0. The Morgan fingerprint density at radius 2 is 2.36 bits per heavy atom. The standard InChI is InChI=1S/C12H18N2/c1-9-7-11(9)8-14-10(2)12-5-3-4-6-13-12/h3-6,9-11,14H,7-8H2,1-2H3. The van der Waals surface area contributed by atoms with Crippen molar-refractivity contribution in [3.05, 3.63) is 30.1 Å². The monoisotopic (exact) mass is 190 g/mol. The predicted octanol–water partition coefficient (Wildman–Crippen LogP) is 2.39. The van der Waals surface area contributed by atoms with Gasteiger partial charge in [-0.1, -0.05) is 13.0 Å². The smallest absolute Gasteiger partial charge is 0.0570 e. The molecule has 0 bridgehead atoms. The molecule has 14 heavy (non-hydrogen) atoms. The fourth-order valence-electron chi connectivity index (χ4n) is 1.75. The van der Waals surface area contributed by atoms with E-state index in [1.165, 1.54) is 6.42 Å². The van der Waals surface area contributed by atoms with Crippen molar-refractivity contribution < 1.29 is 0 Å². The van der Waals surface area contributed by atoms with Crippen molar-refractivity contribution in [2.45, 2.75) is 26.3 Å². The average molecular weight is 190 g/mol. The van der Waals surface area contributed by atoms with Crippen LogP contribution in [0.4, 0.5) is 0 Å². The number of hydrogen-bond acceptors (Lipinski definition) is 2. The van der Waals surface area contributed by atoms with Gasteiger partial charge in [0.1, 0.15) is 0 Å². The number of rotatable bonds is 4. The second kappa shape index (κ2) is 4.09. The first kappa shape index (κ1) is 9.66. The molecule has 0 aromatic carbocycles. The third kappa shape index (κ3) is 2.32. The van der Waals surface area contributed by atoms with E-state index in [4.69, 9.17) is 0 Å². The highest BCUT2D eigenvalue weighted by molar-refractivity contribution is 5.07. The van der Waals surface area contributed by atoms with Crippen LogP contribution in [0, 0.1) is 11.8 Å². The van der Waals surface area contributed by atoms with E-state index in [0.717, 1.165) is 24.1 Å². The van der Waals surface area contributed by atoms with Crippen molar-refractivity contribution in [3.8, 4) is 0 Å². The molecule has 1 aliphatic rings. The summed E-state index contributed by atoms with van der Waals surface area (Å²) in [6.07, 6.45) is 3.25. The Hall–Kier alpha value is -0.890. The van der Waals surface area contributed by atoms with Gasteiger partial charge in [0.05, 0.1) is 5.69 Å². The molecule has 1 aromatic heterocycles. The topological polar surface area (TPSA) is 24.9 Å². The zero-order chi connectivity index (χ0) is 9.97. The summed E-state index contributed by atoms with van der Waals surface area (Å²) >= 11 is 0. The molecule has 1 fully saturated rings. The van der Waals surface area contributed by atoms with Crippen LogP contribution in [0.25, 0.3) is 0 Å². The lowest BCUT2D eigenvalue weighted by Crippen LogP contribution is -2.22. The highest BCUT2D eigenvalue weighted by atomic mass is 14.9. The number of pyridine rings is 1. The Bertz CT molecular complexity index is 284. The molecule has 0 saturated heterocycles. The molecule has 3 unspecified atom stereocenters. The van der Waals surface area contributed by atoms with Crippen LogP contribution in [0.2, 0.25) is 0 Å². The van der Waals surface area contributed by atoms with Gasteiger partial charge in [-0.3, -0.25) is 4.98 Å². The molecule has 2 nitrogen and oxygen atoms in total. The first-order valence-electron chi connectivity index (χ1n) is 5.41. The van der Waals surface area contributed by atoms with E-state index in [9.17, 15) is 0 Å². The Balaban J connectivity index is 1.81. The minimum Gasteiger partial charge on any atom is -0.309 e. The van der Waals surface area contributed by atoms with Crippen LogP contribution in [-0.4, -0.2) is 11.5 Å². The quantitative estimate of drug-likeness (QED) is 0.788. The number of nitrogens with one attached hydrogen (secondary N) is 1. The Morgan fingerprint density at radius 1 is 1.57 bits per heavy atom. The van der Waals surface area contributed by atoms with Crippen molar-refractivity contribution in [2.24, 2.45) is 11.8 Å². The molecule has 0 radical (unpaired) electrons. The van der Waals surface area contributed by atoms with Gasteiger partial charge < -0.3 is 5.32 Å². The zero-order valence-corrected chi connectivity index (χ0v) is 8.90. The molecule has 1 N–H and O–H groups in total. The van der Waals surface area contributed by atoms with Gasteiger partial charge in [0.15, 0.2) is 0 Å². The predicted molar refractivity (Wildman–Crippen MR) is 57.9 cm³/mol. The van der Waals surface area contributed by atoms with Crippen LogP contribution < -0.4 is 5.32 Å². The van der Waals surface area contributed by atoms with E-state index in [0.29, 0.717) is 6.04 Å². The summed E-state index contributed by atoms with van der Waals surface area (Å²) in [6.45, 7) is 5.63. The molecular formula is C12H18N2. The van der Waals surface area contributed by atoms with E-state index >= 15 is 0 Å². The summed E-state index contributed by atoms with van der Waals surface area (Å²) in [6, 6.07) is 6.46. The first-order chi connectivity index (χ1) is 6.77. The van der Waals surface area contributed by atoms with Gasteiger partial charge in [-0.2, -0.15) is 0 Å². The maximum Gasteiger partial charge on any atom is 0.0570 e. The molecule has 2 heteroatoms. The molecule has 1 saturated carbocycles. The van der Waals surface area contributed by atoms with Crippen LogP contribution in [0.15, 0.2) is 24.4 Å². The minimum atomic E-state index is 0.379. The largest absolute Gasteiger partial charge is 0.309 e. The first-order valence-corrected chi connectivity index (χ1v) is 5.41. The molecule has 0 amide bonds. The Kier molecular flexibility index (Phi) is 2.82. The van der Waals surface area contributed by atoms with Gasteiger partial charge in [0, 0.05) is 12.2 Å². The summed E-state index contributed by atoms with van der Waals surface area (Å²) in [4.78, 5) is 4.33. The van der Waals surface area contributed by atoms with Gasteiger partial charge in [-0.25, -0.2) is 0 Å². The van der Waals surface area contributed by atoms with Gasteiger partial charge in [0.25, 0.3) is 0 Å². The van der Waals surface area contributed by atoms with Gasteiger partial charge >= 0.3 is 0 Å². The van der Waals surface area contributed by atoms with Crippen LogP contribution in [-0.2, 0) is 0 Å². The maximum atomic E-state index is 4.33. The lowest BCUT2D eigenvalue weighted by Gasteiger charge is -2.12. The van der Waals surface area contributed by atoms with Gasteiger partial charge in [0.2, 0.25) is 0 Å². The molecule has 1 aromatic rings. The second-order valence-electron chi connectivity index (χ2n) is 4.36. The van der Waals surface area contributed by atoms with Gasteiger partial charge in [-0.15, -0.1) is 0 Å². The van der Waals surface area contributed by atoms with Crippen LogP contribution in [0.5, 0.6) is 0 Å². The Morgan fingerprint density at radius 3 is 2.93 bits per heavy atom. The van der Waals surface area contributed by atoms with E-state index in [-0.39, 0.29) is 0 Å². The molecule has 1 aliphatic carbocycles. The highest BCUT2D eigenvalue weighted by Crippen LogP contribution is 2.37. The van der Waals surface area contributed by atoms with Crippen LogP contribution >= 0.6 is 0 Å². The van der Waals surface area contributed by atoms with Crippen LogP contribution in [0.1, 0.15) is 32.0 Å². The average Bonchev–Trinajstić information content (AvgIpc) is 2.92. The number of aromatic nitrogens is 1. The molecule has 3 atom stereocenters. The molecule has 0 aliphatic heterocycles. The SMILES string of the molecule is CC(NCC1CC1C)c1ccccn1. The summed E-state index contributed by atoms with van der Waals surface area (Å²) in [5, 5.41) is 3.53. The van der Waals surface area contributed by atoms with Crippen LogP contribution in [0.3, 0.4) is 0 Å². The molecule has 1 heterocycles. The summed E-state index contributed by atoms with van der Waals surface area (Å²) in [7, 11) is 0. The summed E-state index contributed by atoms with van der Waals surface area (Å²) in [5.74, 6) is 1.83. The normalized spacial score (nSPS) is 27.3.